The Morgan fingerprint density at radius 3 is 2.18 bits per heavy atom. The van der Waals surface area contributed by atoms with Gasteiger partial charge in [0.25, 0.3) is 11.5 Å². The van der Waals surface area contributed by atoms with Crippen molar-refractivity contribution in [1.82, 2.24) is 15.0 Å². The lowest BCUT2D eigenvalue weighted by atomic mass is 9.78. The number of phenols is 1. The molecule has 1 aromatic heterocycles. The number of aromatic hydroxyl groups is 1. The third-order valence-electron chi connectivity index (χ3n) is 6.24. The third kappa shape index (κ3) is 6.40. The van der Waals surface area contributed by atoms with E-state index in [1.54, 1.807) is 18.3 Å². The second-order valence-corrected chi connectivity index (χ2v) is 12.4. The second-order valence-electron chi connectivity index (χ2n) is 11.4. The predicted molar refractivity (Wildman–Crippen MR) is 159 cm³/mol. The highest BCUT2D eigenvalue weighted by Gasteiger charge is 2.26. The number of para-hydroxylation sites is 2. The van der Waals surface area contributed by atoms with Crippen molar-refractivity contribution in [2.45, 2.75) is 57.5 Å². The summed E-state index contributed by atoms with van der Waals surface area (Å²) < 4.78 is 1.53. The maximum absolute atomic E-state index is 13.3. The minimum atomic E-state index is -0.330. The fraction of sp³-hybridized carbons (Fsp3) is 0.290. The normalized spacial score (nSPS) is 12.3. The van der Waals surface area contributed by atoms with Crippen molar-refractivity contribution in [2.75, 3.05) is 5.75 Å². The summed E-state index contributed by atoms with van der Waals surface area (Å²) in [7, 11) is 0. The number of benzene rings is 3. The van der Waals surface area contributed by atoms with Crippen LogP contribution in [0.3, 0.4) is 0 Å². The number of hydrazone groups is 1. The first kappa shape index (κ1) is 28.1. The van der Waals surface area contributed by atoms with Crippen molar-refractivity contribution in [3.8, 4) is 11.4 Å². The fourth-order valence-electron chi connectivity index (χ4n) is 4.23. The van der Waals surface area contributed by atoms with Gasteiger partial charge in [0.1, 0.15) is 5.75 Å². The van der Waals surface area contributed by atoms with Crippen LogP contribution in [0.2, 0.25) is 0 Å². The standard InChI is InChI=1S/C31H34N4O3S/c1-30(2,3)23-16-20(17-24(27(23)37)31(4,5)6)18-32-34-26(36)19-39-29-33-25-15-11-10-14-22(25)28(38)35(29)21-12-8-7-9-13-21/h7-18,37H,19H2,1-6H3,(H,34,36)/b32-18+. The molecule has 0 aliphatic heterocycles. The average Bonchev–Trinajstić information content (AvgIpc) is 2.87. The summed E-state index contributed by atoms with van der Waals surface area (Å²) in [6, 6.07) is 20.2. The first-order chi connectivity index (χ1) is 18.4. The van der Waals surface area contributed by atoms with Gasteiger partial charge >= 0.3 is 0 Å². The Kier molecular flexibility index (Phi) is 7.97. The minimum absolute atomic E-state index is 0.0189. The van der Waals surface area contributed by atoms with Crippen LogP contribution < -0.4 is 11.0 Å². The second kappa shape index (κ2) is 11.1. The number of hydrogen-bond acceptors (Lipinski definition) is 6. The molecule has 39 heavy (non-hydrogen) atoms. The zero-order chi connectivity index (χ0) is 28.4. The number of amides is 1. The molecule has 3 aromatic carbocycles. The number of phenolic OH excluding ortho intramolecular Hbond substituents is 1. The van der Waals surface area contributed by atoms with Crippen molar-refractivity contribution in [3.63, 3.8) is 0 Å². The van der Waals surface area contributed by atoms with E-state index in [9.17, 15) is 14.7 Å². The molecule has 1 heterocycles. The van der Waals surface area contributed by atoms with Crippen molar-refractivity contribution in [1.29, 1.82) is 0 Å². The van der Waals surface area contributed by atoms with Gasteiger partial charge in [-0.3, -0.25) is 14.2 Å². The summed E-state index contributed by atoms with van der Waals surface area (Å²) in [6.07, 6.45) is 1.58. The van der Waals surface area contributed by atoms with Gasteiger partial charge in [0.05, 0.1) is 28.6 Å². The zero-order valence-corrected chi connectivity index (χ0v) is 24.0. The van der Waals surface area contributed by atoms with Crippen molar-refractivity contribution in [3.05, 3.63) is 93.8 Å². The molecule has 8 heteroatoms. The summed E-state index contributed by atoms with van der Waals surface area (Å²) >= 11 is 1.17. The molecule has 0 bridgehead atoms. The van der Waals surface area contributed by atoms with Gasteiger partial charge in [0, 0.05) is 11.1 Å². The van der Waals surface area contributed by atoms with Gasteiger partial charge in [-0.1, -0.05) is 83.6 Å². The average molecular weight is 543 g/mol. The molecule has 0 saturated carbocycles. The number of thioether (sulfide) groups is 1. The number of nitrogens with one attached hydrogen (secondary N) is 1. The van der Waals surface area contributed by atoms with E-state index in [2.05, 4.69) is 15.5 Å². The number of nitrogens with zero attached hydrogens (tertiary/aromatic N) is 3. The summed E-state index contributed by atoms with van der Waals surface area (Å²) in [5, 5.41) is 16.0. The smallest absolute Gasteiger partial charge is 0.266 e. The summed E-state index contributed by atoms with van der Waals surface area (Å²) in [5.41, 5.74) is 5.52. The highest BCUT2D eigenvalue weighted by atomic mass is 32.2. The van der Waals surface area contributed by atoms with Gasteiger partial charge in [0.15, 0.2) is 5.16 Å². The Morgan fingerprint density at radius 1 is 0.974 bits per heavy atom. The summed E-state index contributed by atoms with van der Waals surface area (Å²) in [5.74, 6) is -0.0190. The zero-order valence-electron chi connectivity index (χ0n) is 23.1. The molecule has 2 N–H and O–H groups in total. The van der Waals surface area contributed by atoms with Crippen LogP contribution >= 0.6 is 11.8 Å². The van der Waals surface area contributed by atoms with E-state index in [0.29, 0.717) is 27.5 Å². The van der Waals surface area contributed by atoms with E-state index in [1.165, 1.54) is 16.3 Å². The van der Waals surface area contributed by atoms with E-state index in [1.807, 2.05) is 96.1 Å². The molecule has 4 aromatic rings. The highest BCUT2D eigenvalue weighted by Crippen LogP contribution is 2.39. The molecule has 0 spiro atoms. The molecule has 0 unspecified atom stereocenters. The number of fused-ring (bicyclic) bond motifs is 1. The molecule has 0 fully saturated rings. The van der Waals surface area contributed by atoms with Crippen LogP contribution in [0.1, 0.15) is 58.2 Å². The van der Waals surface area contributed by atoms with Gasteiger partial charge in [-0.2, -0.15) is 5.10 Å². The quantitative estimate of drug-likeness (QED) is 0.136. The molecular weight excluding hydrogens is 508 g/mol. The molecule has 4 rings (SSSR count). The number of rotatable bonds is 6. The number of hydrogen-bond donors (Lipinski definition) is 2. The predicted octanol–water partition coefficient (Wildman–Crippen LogP) is 5.93. The van der Waals surface area contributed by atoms with E-state index < -0.39 is 0 Å². The van der Waals surface area contributed by atoms with Crippen LogP contribution in [0.4, 0.5) is 0 Å². The Bertz CT molecular complexity index is 1560. The minimum Gasteiger partial charge on any atom is -0.507 e. The molecular formula is C31H34N4O3S. The Balaban J connectivity index is 1.55. The van der Waals surface area contributed by atoms with Crippen LogP contribution in [-0.4, -0.2) is 32.5 Å². The van der Waals surface area contributed by atoms with Gasteiger partial charge in [-0.05, 0) is 52.8 Å². The topological polar surface area (TPSA) is 96.6 Å². The van der Waals surface area contributed by atoms with E-state index in [0.717, 1.165) is 16.7 Å². The number of carbonyl (C=O) groups is 1. The van der Waals surface area contributed by atoms with Crippen LogP contribution in [0, 0.1) is 0 Å². The number of aromatic nitrogens is 2. The maximum Gasteiger partial charge on any atom is 0.266 e. The molecule has 0 aliphatic carbocycles. The maximum atomic E-state index is 13.3. The summed E-state index contributed by atoms with van der Waals surface area (Å²) in [4.78, 5) is 30.7. The molecule has 7 nitrogen and oxygen atoms in total. The molecule has 0 radical (unpaired) electrons. The highest BCUT2D eigenvalue weighted by molar-refractivity contribution is 7.99. The monoisotopic (exact) mass is 542 g/mol. The first-order valence-electron chi connectivity index (χ1n) is 12.8. The van der Waals surface area contributed by atoms with Crippen molar-refractivity contribution in [2.24, 2.45) is 5.10 Å². The largest absolute Gasteiger partial charge is 0.507 e. The lowest BCUT2D eigenvalue weighted by Gasteiger charge is -2.27. The molecule has 0 atom stereocenters. The van der Waals surface area contributed by atoms with Crippen LogP contribution in [-0.2, 0) is 15.6 Å². The first-order valence-corrected chi connectivity index (χ1v) is 13.7. The third-order valence-corrected chi connectivity index (χ3v) is 7.18. The van der Waals surface area contributed by atoms with Crippen molar-refractivity contribution >= 4 is 34.8 Å². The molecule has 0 saturated heterocycles. The van der Waals surface area contributed by atoms with Crippen LogP contribution in [0.15, 0.2) is 81.8 Å². The SMILES string of the molecule is CC(C)(C)c1cc(/C=N/NC(=O)CSc2nc3ccccc3c(=O)n2-c2ccccc2)cc(C(C)(C)C)c1O. The summed E-state index contributed by atoms with van der Waals surface area (Å²) in [6.45, 7) is 12.3. The Morgan fingerprint density at radius 2 is 1.56 bits per heavy atom. The van der Waals surface area contributed by atoms with Gasteiger partial charge in [-0.15, -0.1) is 0 Å². The van der Waals surface area contributed by atoms with E-state index in [-0.39, 0.29) is 28.0 Å². The van der Waals surface area contributed by atoms with Gasteiger partial charge in [0.2, 0.25) is 0 Å². The molecule has 1 amide bonds. The Labute approximate surface area is 233 Å². The number of carbonyl (C=O) groups excluding carboxylic acids is 1. The Hall–Kier alpha value is -3.91. The van der Waals surface area contributed by atoms with Gasteiger partial charge in [-0.25, -0.2) is 10.4 Å². The molecule has 0 aliphatic rings. The fourth-order valence-corrected chi connectivity index (χ4v) is 5.03. The van der Waals surface area contributed by atoms with Crippen LogP contribution in [0.5, 0.6) is 5.75 Å². The molecule has 202 valence electrons. The van der Waals surface area contributed by atoms with Crippen LogP contribution in [0.25, 0.3) is 16.6 Å². The van der Waals surface area contributed by atoms with E-state index in [4.69, 9.17) is 0 Å². The van der Waals surface area contributed by atoms with Gasteiger partial charge < -0.3 is 5.11 Å². The lowest BCUT2D eigenvalue weighted by Crippen LogP contribution is -2.24. The lowest BCUT2D eigenvalue weighted by molar-refractivity contribution is -0.118. The van der Waals surface area contributed by atoms with E-state index >= 15 is 0 Å². The van der Waals surface area contributed by atoms with Crippen molar-refractivity contribution < 1.29 is 9.90 Å².